The first-order chi connectivity index (χ1) is 8.60. The number of amides is 1. The van der Waals surface area contributed by atoms with Crippen molar-refractivity contribution in [2.75, 3.05) is 6.54 Å². The van der Waals surface area contributed by atoms with Crippen molar-refractivity contribution in [3.05, 3.63) is 0 Å². The maximum absolute atomic E-state index is 11.5. The lowest BCUT2D eigenvalue weighted by Gasteiger charge is -2.12. The number of hydrogen-bond donors (Lipinski definition) is 4. The number of rotatable bonds is 10. The first kappa shape index (κ1) is 16.4. The van der Waals surface area contributed by atoms with Crippen LogP contribution in [0.4, 0.5) is 0 Å². The van der Waals surface area contributed by atoms with E-state index in [1.807, 2.05) is 6.29 Å². The minimum atomic E-state index is -0.562. The fraction of sp³-hybridized carbons (Fsp3) is 0.750. The SMILES string of the molecule is CCCCCC(=O)N[C@@H]([C]=O)CCCNC(=N)N. The molecular weight excluding hydrogens is 232 g/mol. The molecule has 18 heavy (non-hydrogen) atoms. The second kappa shape index (κ2) is 10.6. The van der Waals surface area contributed by atoms with Crippen molar-refractivity contribution < 1.29 is 9.59 Å². The van der Waals surface area contributed by atoms with Gasteiger partial charge in [-0.1, -0.05) is 19.8 Å². The first-order valence-corrected chi connectivity index (χ1v) is 6.35. The van der Waals surface area contributed by atoms with E-state index < -0.39 is 6.04 Å². The Bertz CT molecular complexity index is 269. The van der Waals surface area contributed by atoms with Gasteiger partial charge in [0.05, 0.1) is 6.04 Å². The molecule has 0 aromatic carbocycles. The van der Waals surface area contributed by atoms with Gasteiger partial charge in [-0.05, 0) is 19.3 Å². The minimum Gasteiger partial charge on any atom is -0.370 e. The number of nitrogens with two attached hydrogens (primary N) is 1. The highest BCUT2D eigenvalue weighted by Gasteiger charge is 2.11. The molecule has 103 valence electrons. The van der Waals surface area contributed by atoms with Crippen molar-refractivity contribution in [2.24, 2.45) is 5.73 Å². The standard InChI is InChI=1S/C12H23N4O2/c1-2-3-4-7-11(18)16-10(9-17)6-5-8-15-12(13)14/h10H,2-8H2,1H3,(H,16,18)(H4,13,14,15)/t10-/m1/s1. The van der Waals surface area contributed by atoms with Crippen molar-refractivity contribution in [3.63, 3.8) is 0 Å². The van der Waals surface area contributed by atoms with Crippen LogP contribution in [0.1, 0.15) is 45.4 Å². The van der Waals surface area contributed by atoms with Crippen LogP contribution in [0.15, 0.2) is 0 Å². The van der Waals surface area contributed by atoms with E-state index in [4.69, 9.17) is 11.1 Å². The zero-order valence-corrected chi connectivity index (χ0v) is 10.9. The molecule has 6 heteroatoms. The van der Waals surface area contributed by atoms with E-state index in [0.29, 0.717) is 25.8 Å². The summed E-state index contributed by atoms with van der Waals surface area (Å²) in [6.07, 6.45) is 6.35. The Balaban J connectivity index is 3.71. The topological polar surface area (TPSA) is 108 Å². The van der Waals surface area contributed by atoms with E-state index in [-0.39, 0.29) is 11.9 Å². The normalized spacial score (nSPS) is 11.6. The van der Waals surface area contributed by atoms with Crippen LogP contribution >= 0.6 is 0 Å². The lowest BCUT2D eigenvalue weighted by atomic mass is 10.1. The van der Waals surface area contributed by atoms with Crippen LogP contribution in [-0.2, 0) is 9.59 Å². The van der Waals surface area contributed by atoms with Crippen LogP contribution < -0.4 is 16.4 Å². The number of carbonyl (C=O) groups is 1. The number of carbonyl (C=O) groups excluding carboxylic acids is 2. The van der Waals surface area contributed by atoms with E-state index in [1.165, 1.54) is 0 Å². The van der Waals surface area contributed by atoms with Crippen molar-refractivity contribution in [1.29, 1.82) is 5.41 Å². The minimum absolute atomic E-state index is 0.0924. The predicted octanol–water partition coefficient (Wildman–Crippen LogP) is 0.424. The predicted molar refractivity (Wildman–Crippen MR) is 70.9 cm³/mol. The fourth-order valence-electron chi connectivity index (χ4n) is 1.49. The quantitative estimate of drug-likeness (QED) is 0.258. The van der Waals surface area contributed by atoms with Gasteiger partial charge in [-0.3, -0.25) is 15.0 Å². The summed E-state index contributed by atoms with van der Waals surface area (Å²) in [6.45, 7) is 2.58. The highest BCUT2D eigenvalue weighted by Crippen LogP contribution is 2.00. The molecule has 0 unspecified atom stereocenters. The average Bonchev–Trinajstić information content (AvgIpc) is 2.33. The average molecular weight is 255 g/mol. The zero-order chi connectivity index (χ0) is 13.8. The number of unbranched alkanes of at least 4 members (excludes halogenated alkanes) is 2. The van der Waals surface area contributed by atoms with Gasteiger partial charge in [0.2, 0.25) is 12.2 Å². The van der Waals surface area contributed by atoms with E-state index in [9.17, 15) is 9.59 Å². The van der Waals surface area contributed by atoms with Crippen LogP contribution in [-0.4, -0.2) is 30.7 Å². The zero-order valence-electron chi connectivity index (χ0n) is 10.9. The highest BCUT2D eigenvalue weighted by molar-refractivity contribution is 5.79. The van der Waals surface area contributed by atoms with Gasteiger partial charge in [-0.15, -0.1) is 0 Å². The molecule has 0 heterocycles. The van der Waals surface area contributed by atoms with Crippen molar-refractivity contribution in [2.45, 2.75) is 51.5 Å². The first-order valence-electron chi connectivity index (χ1n) is 6.35. The van der Waals surface area contributed by atoms with E-state index in [1.54, 1.807) is 0 Å². The van der Waals surface area contributed by atoms with Gasteiger partial charge in [0.15, 0.2) is 5.96 Å². The lowest BCUT2D eigenvalue weighted by molar-refractivity contribution is -0.121. The summed E-state index contributed by atoms with van der Waals surface area (Å²) in [5.74, 6) is -0.193. The maximum atomic E-state index is 11.5. The summed E-state index contributed by atoms with van der Waals surface area (Å²) in [6, 6.07) is -0.562. The summed E-state index contributed by atoms with van der Waals surface area (Å²) in [7, 11) is 0. The monoisotopic (exact) mass is 255 g/mol. The Morgan fingerprint density at radius 1 is 1.39 bits per heavy atom. The third kappa shape index (κ3) is 9.62. The molecule has 0 spiro atoms. The van der Waals surface area contributed by atoms with Crippen LogP contribution in [0.5, 0.6) is 0 Å². The molecule has 0 aliphatic rings. The molecule has 0 fully saturated rings. The molecule has 1 amide bonds. The molecule has 0 saturated carbocycles. The second-order valence-electron chi connectivity index (χ2n) is 4.18. The molecule has 0 rings (SSSR count). The largest absolute Gasteiger partial charge is 0.370 e. The van der Waals surface area contributed by atoms with E-state index in [2.05, 4.69) is 17.6 Å². The Labute approximate surface area is 108 Å². The summed E-state index contributed by atoms with van der Waals surface area (Å²) in [5.41, 5.74) is 5.12. The molecule has 0 aromatic heterocycles. The van der Waals surface area contributed by atoms with Crippen molar-refractivity contribution in [1.82, 2.24) is 10.6 Å². The molecule has 0 aliphatic heterocycles. The third-order valence-electron chi connectivity index (χ3n) is 2.47. The van der Waals surface area contributed by atoms with Gasteiger partial charge >= 0.3 is 0 Å². The number of hydrogen-bond acceptors (Lipinski definition) is 3. The summed E-state index contributed by atoms with van der Waals surface area (Å²) >= 11 is 0. The molecular formula is C12H23N4O2. The van der Waals surface area contributed by atoms with Crippen molar-refractivity contribution >= 4 is 18.2 Å². The Kier molecular flexibility index (Phi) is 9.62. The van der Waals surface area contributed by atoms with E-state index >= 15 is 0 Å². The molecule has 1 atom stereocenters. The van der Waals surface area contributed by atoms with Gasteiger partial charge in [-0.25, -0.2) is 0 Å². The third-order valence-corrected chi connectivity index (χ3v) is 2.47. The van der Waals surface area contributed by atoms with Crippen molar-refractivity contribution in [3.8, 4) is 0 Å². The second-order valence-corrected chi connectivity index (χ2v) is 4.18. The molecule has 0 aliphatic carbocycles. The lowest BCUT2D eigenvalue weighted by Crippen LogP contribution is -2.37. The molecule has 0 saturated heterocycles. The molecule has 0 aromatic rings. The van der Waals surface area contributed by atoms with Crippen LogP contribution in [0.3, 0.4) is 0 Å². The Morgan fingerprint density at radius 2 is 2.11 bits per heavy atom. The van der Waals surface area contributed by atoms with Crippen LogP contribution in [0.25, 0.3) is 0 Å². The fourth-order valence-corrected chi connectivity index (χ4v) is 1.49. The van der Waals surface area contributed by atoms with Gasteiger partial charge in [0, 0.05) is 13.0 Å². The van der Waals surface area contributed by atoms with Crippen LogP contribution in [0.2, 0.25) is 0 Å². The smallest absolute Gasteiger partial charge is 0.222 e. The van der Waals surface area contributed by atoms with Gasteiger partial charge in [0.1, 0.15) is 0 Å². The Morgan fingerprint density at radius 3 is 2.67 bits per heavy atom. The van der Waals surface area contributed by atoms with Crippen LogP contribution in [0, 0.1) is 5.41 Å². The van der Waals surface area contributed by atoms with Gasteiger partial charge < -0.3 is 16.4 Å². The Hall–Kier alpha value is -1.59. The van der Waals surface area contributed by atoms with Gasteiger partial charge in [0.25, 0.3) is 0 Å². The highest BCUT2D eigenvalue weighted by atomic mass is 16.2. The molecule has 0 bridgehead atoms. The summed E-state index contributed by atoms with van der Waals surface area (Å²) < 4.78 is 0. The number of nitrogens with one attached hydrogen (secondary N) is 3. The van der Waals surface area contributed by atoms with E-state index in [0.717, 1.165) is 19.3 Å². The molecule has 6 nitrogen and oxygen atoms in total. The molecule has 5 N–H and O–H groups in total. The summed E-state index contributed by atoms with van der Waals surface area (Å²) in [5, 5.41) is 12.2. The van der Waals surface area contributed by atoms with Gasteiger partial charge in [-0.2, -0.15) is 0 Å². The maximum Gasteiger partial charge on any atom is 0.222 e. The molecule has 1 radical (unpaired) electrons. The summed E-state index contributed by atoms with van der Waals surface area (Å²) in [4.78, 5) is 22.1. The number of guanidine groups is 1.